The first-order chi connectivity index (χ1) is 7.31. The van der Waals surface area contributed by atoms with Crippen LogP contribution in [0.25, 0.3) is 5.69 Å². The summed E-state index contributed by atoms with van der Waals surface area (Å²) < 4.78 is 1.56. The number of phenols is 1. The van der Waals surface area contributed by atoms with Gasteiger partial charge in [0.1, 0.15) is 12.0 Å². The highest BCUT2D eigenvalue weighted by Crippen LogP contribution is 2.14. The molecule has 0 bridgehead atoms. The number of carbonyl (C=O) groups is 1. The van der Waals surface area contributed by atoms with Crippen LogP contribution in [-0.4, -0.2) is 26.4 Å². The van der Waals surface area contributed by atoms with E-state index in [0.717, 1.165) is 17.7 Å². The quantitative estimate of drug-likeness (QED) is 0.746. The second-order valence-electron chi connectivity index (χ2n) is 3.02. The number of phenolic OH excluding ortho intramolecular Hbond substituents is 1. The zero-order valence-electron chi connectivity index (χ0n) is 7.87. The summed E-state index contributed by atoms with van der Waals surface area (Å²) in [6.45, 7) is 0. The van der Waals surface area contributed by atoms with Gasteiger partial charge in [-0.05, 0) is 24.3 Å². The van der Waals surface area contributed by atoms with E-state index < -0.39 is 0 Å². The van der Waals surface area contributed by atoms with Crippen LogP contribution in [0.2, 0.25) is 0 Å². The summed E-state index contributed by atoms with van der Waals surface area (Å²) in [6, 6.07) is 6.53. The molecule has 1 aromatic heterocycles. The zero-order valence-corrected chi connectivity index (χ0v) is 7.87. The topological polar surface area (TPSA) is 68.0 Å². The molecule has 0 radical (unpaired) electrons. The normalized spacial score (nSPS) is 10.1. The number of benzene rings is 1. The Kier molecular flexibility index (Phi) is 2.45. The lowest BCUT2D eigenvalue weighted by atomic mass is 10.3. The Labute approximate surface area is 86.0 Å². The molecule has 0 unspecified atom stereocenters. The highest BCUT2D eigenvalue weighted by atomic mass is 16.3. The summed E-state index contributed by atoms with van der Waals surface area (Å²) in [5, 5.41) is 16.7. The average molecular weight is 203 g/mol. The summed E-state index contributed by atoms with van der Waals surface area (Å²) in [5.74, 6) is 0.191. The van der Waals surface area contributed by atoms with Gasteiger partial charge < -0.3 is 9.90 Å². The first-order valence-electron chi connectivity index (χ1n) is 4.44. The maximum Gasteiger partial charge on any atom is 0.126 e. The second kappa shape index (κ2) is 3.91. The minimum atomic E-state index is 0.191. The monoisotopic (exact) mass is 203 g/mol. The third kappa shape index (κ3) is 1.85. The predicted octanol–water partition coefficient (Wildman–Crippen LogP) is 0.714. The van der Waals surface area contributed by atoms with Gasteiger partial charge in [-0.3, -0.25) is 0 Å². The molecule has 1 heterocycles. The molecule has 0 saturated heterocycles. The second-order valence-corrected chi connectivity index (χ2v) is 3.02. The molecule has 15 heavy (non-hydrogen) atoms. The van der Waals surface area contributed by atoms with Gasteiger partial charge in [0, 0.05) is 6.42 Å². The highest BCUT2D eigenvalue weighted by molar-refractivity contribution is 5.54. The zero-order chi connectivity index (χ0) is 10.7. The van der Waals surface area contributed by atoms with E-state index in [1.165, 1.54) is 0 Å². The predicted molar refractivity (Wildman–Crippen MR) is 52.8 cm³/mol. The van der Waals surface area contributed by atoms with Crippen molar-refractivity contribution in [3.05, 3.63) is 36.2 Å². The van der Waals surface area contributed by atoms with Gasteiger partial charge >= 0.3 is 0 Å². The summed E-state index contributed by atoms with van der Waals surface area (Å²) in [6.07, 6.45) is 2.62. The Morgan fingerprint density at radius 1 is 1.33 bits per heavy atom. The van der Waals surface area contributed by atoms with E-state index in [9.17, 15) is 4.79 Å². The number of hydrogen-bond donors (Lipinski definition) is 1. The summed E-state index contributed by atoms with van der Waals surface area (Å²) in [7, 11) is 0. The first-order valence-corrected chi connectivity index (χ1v) is 4.44. The molecule has 1 N–H and O–H groups in total. The van der Waals surface area contributed by atoms with Crippen molar-refractivity contribution in [1.82, 2.24) is 15.0 Å². The maximum absolute atomic E-state index is 10.4. The molecule has 5 nitrogen and oxygen atoms in total. The third-order valence-electron chi connectivity index (χ3n) is 2.01. The standard InChI is InChI=1S/C10H9N3O2/c14-6-5-9-7-11-12-13(9)8-1-3-10(15)4-2-8/h1-4,6-7,15H,5H2. The minimum absolute atomic E-state index is 0.191. The van der Waals surface area contributed by atoms with Crippen LogP contribution in [0.4, 0.5) is 0 Å². The summed E-state index contributed by atoms with van der Waals surface area (Å²) in [4.78, 5) is 10.4. The molecule has 0 saturated carbocycles. The van der Waals surface area contributed by atoms with Crippen molar-refractivity contribution < 1.29 is 9.90 Å². The molecule has 0 atom stereocenters. The third-order valence-corrected chi connectivity index (χ3v) is 2.01. The summed E-state index contributed by atoms with van der Waals surface area (Å²) >= 11 is 0. The molecule has 5 heteroatoms. The summed E-state index contributed by atoms with van der Waals surface area (Å²) in [5.41, 5.74) is 1.48. The molecule has 0 aliphatic rings. The number of rotatable bonds is 3. The van der Waals surface area contributed by atoms with Gasteiger partial charge in [0.2, 0.25) is 0 Å². The fraction of sp³-hybridized carbons (Fsp3) is 0.100. The Balaban J connectivity index is 2.40. The maximum atomic E-state index is 10.4. The van der Waals surface area contributed by atoms with Crippen molar-refractivity contribution >= 4 is 6.29 Å². The SMILES string of the molecule is O=CCc1cnnn1-c1ccc(O)cc1. The number of aromatic hydroxyl groups is 1. The fourth-order valence-electron chi connectivity index (χ4n) is 1.29. The fourth-order valence-corrected chi connectivity index (χ4v) is 1.29. The van der Waals surface area contributed by atoms with Crippen LogP contribution in [0.5, 0.6) is 5.75 Å². The number of nitrogens with zero attached hydrogens (tertiary/aromatic N) is 3. The minimum Gasteiger partial charge on any atom is -0.508 e. The van der Waals surface area contributed by atoms with Crippen LogP contribution < -0.4 is 0 Å². The molecule has 76 valence electrons. The Hall–Kier alpha value is -2.17. The molecule has 0 aliphatic heterocycles. The van der Waals surface area contributed by atoms with Gasteiger partial charge in [-0.25, -0.2) is 4.68 Å². The Bertz CT molecular complexity index is 462. The van der Waals surface area contributed by atoms with Crippen LogP contribution in [0.15, 0.2) is 30.5 Å². The van der Waals surface area contributed by atoms with Gasteiger partial charge in [0.15, 0.2) is 0 Å². The molecule has 2 rings (SSSR count). The van der Waals surface area contributed by atoms with Gasteiger partial charge in [-0.2, -0.15) is 0 Å². The van der Waals surface area contributed by atoms with Crippen molar-refractivity contribution in [2.24, 2.45) is 0 Å². The molecule has 0 aliphatic carbocycles. The molecular weight excluding hydrogens is 194 g/mol. The lowest BCUT2D eigenvalue weighted by Crippen LogP contribution is -2.02. The van der Waals surface area contributed by atoms with Crippen LogP contribution in [-0.2, 0) is 11.2 Å². The molecule has 0 amide bonds. The van der Waals surface area contributed by atoms with Crippen LogP contribution in [0.1, 0.15) is 5.69 Å². The van der Waals surface area contributed by atoms with Crippen molar-refractivity contribution in [3.63, 3.8) is 0 Å². The van der Waals surface area contributed by atoms with E-state index >= 15 is 0 Å². The van der Waals surface area contributed by atoms with E-state index in [0.29, 0.717) is 0 Å². The van der Waals surface area contributed by atoms with Gasteiger partial charge in [-0.1, -0.05) is 5.21 Å². The molecule has 1 aromatic carbocycles. The van der Waals surface area contributed by atoms with Crippen LogP contribution in [0.3, 0.4) is 0 Å². The van der Waals surface area contributed by atoms with E-state index in [1.807, 2.05) is 0 Å². The average Bonchev–Trinajstić information content (AvgIpc) is 2.68. The Morgan fingerprint density at radius 2 is 2.07 bits per heavy atom. The molecule has 0 fully saturated rings. The van der Waals surface area contributed by atoms with Crippen molar-refractivity contribution in [2.45, 2.75) is 6.42 Å². The van der Waals surface area contributed by atoms with Crippen molar-refractivity contribution in [1.29, 1.82) is 0 Å². The number of carbonyl (C=O) groups excluding carboxylic acids is 1. The lowest BCUT2D eigenvalue weighted by molar-refractivity contribution is -0.107. The van der Waals surface area contributed by atoms with Crippen molar-refractivity contribution in [3.8, 4) is 11.4 Å². The van der Waals surface area contributed by atoms with E-state index in [2.05, 4.69) is 10.3 Å². The number of aldehydes is 1. The van der Waals surface area contributed by atoms with Crippen molar-refractivity contribution in [2.75, 3.05) is 0 Å². The lowest BCUT2D eigenvalue weighted by Gasteiger charge is -2.03. The Morgan fingerprint density at radius 3 is 2.73 bits per heavy atom. The van der Waals surface area contributed by atoms with Gasteiger partial charge in [-0.15, -0.1) is 5.10 Å². The largest absolute Gasteiger partial charge is 0.508 e. The van der Waals surface area contributed by atoms with Gasteiger partial charge in [0.05, 0.1) is 17.6 Å². The number of hydrogen-bond acceptors (Lipinski definition) is 4. The smallest absolute Gasteiger partial charge is 0.126 e. The highest BCUT2D eigenvalue weighted by Gasteiger charge is 2.04. The van der Waals surface area contributed by atoms with Gasteiger partial charge in [0.25, 0.3) is 0 Å². The van der Waals surface area contributed by atoms with E-state index in [4.69, 9.17) is 5.11 Å². The molecular formula is C10H9N3O2. The van der Waals surface area contributed by atoms with Crippen LogP contribution >= 0.6 is 0 Å². The first kappa shape index (κ1) is 9.39. The van der Waals surface area contributed by atoms with Crippen LogP contribution in [0, 0.1) is 0 Å². The molecule has 2 aromatic rings. The van der Waals surface area contributed by atoms with E-state index in [-0.39, 0.29) is 12.2 Å². The molecule has 0 spiro atoms. The number of aromatic nitrogens is 3. The van der Waals surface area contributed by atoms with E-state index in [1.54, 1.807) is 35.1 Å².